The molecule has 0 spiro atoms. The molecule has 1 atom stereocenters. The van der Waals surface area contributed by atoms with Crippen LogP contribution >= 0.6 is 27.5 Å². The van der Waals surface area contributed by atoms with Crippen molar-refractivity contribution >= 4 is 27.5 Å². The molecule has 2 aromatic rings. The van der Waals surface area contributed by atoms with Crippen molar-refractivity contribution in [3.8, 4) is 5.75 Å². The number of methoxy groups -OCH3 is 1. The third-order valence-electron chi connectivity index (χ3n) is 3.16. The molecule has 0 aliphatic heterocycles. The Morgan fingerprint density at radius 3 is 2.90 bits per heavy atom. The van der Waals surface area contributed by atoms with E-state index in [9.17, 15) is 0 Å². The standard InChI is InChI=1S/C16H18BrClN2O/c1-3-8-19-15(12-10-11(18)6-7-13(12)17)16-14(21-2)5-4-9-20-16/h4-7,9-10,15,19H,3,8H2,1-2H3. The fraction of sp³-hybridized carbons (Fsp3) is 0.312. The second kappa shape index (κ2) is 7.78. The van der Waals surface area contributed by atoms with Gasteiger partial charge in [-0.15, -0.1) is 0 Å². The Hall–Kier alpha value is -1.10. The number of pyridine rings is 1. The number of rotatable bonds is 6. The number of nitrogens with one attached hydrogen (secondary N) is 1. The van der Waals surface area contributed by atoms with Gasteiger partial charge in [0, 0.05) is 15.7 Å². The van der Waals surface area contributed by atoms with E-state index in [-0.39, 0.29) is 6.04 Å². The van der Waals surface area contributed by atoms with E-state index >= 15 is 0 Å². The Balaban J connectivity index is 2.49. The first-order valence-electron chi connectivity index (χ1n) is 6.84. The van der Waals surface area contributed by atoms with Crippen molar-refractivity contribution in [1.82, 2.24) is 10.3 Å². The minimum absolute atomic E-state index is 0.0748. The average molecular weight is 370 g/mol. The maximum atomic E-state index is 6.16. The molecule has 0 aliphatic carbocycles. The van der Waals surface area contributed by atoms with Gasteiger partial charge in [0.15, 0.2) is 0 Å². The monoisotopic (exact) mass is 368 g/mol. The molecule has 0 aliphatic rings. The van der Waals surface area contributed by atoms with Gasteiger partial charge in [0.05, 0.1) is 13.2 Å². The highest BCUT2D eigenvalue weighted by Gasteiger charge is 2.21. The molecule has 1 heterocycles. The van der Waals surface area contributed by atoms with E-state index in [1.807, 2.05) is 30.3 Å². The van der Waals surface area contributed by atoms with Crippen molar-refractivity contribution in [1.29, 1.82) is 0 Å². The number of hydrogen-bond donors (Lipinski definition) is 1. The number of ether oxygens (including phenoxy) is 1. The molecule has 1 aromatic carbocycles. The third kappa shape index (κ3) is 3.96. The van der Waals surface area contributed by atoms with E-state index in [1.165, 1.54) is 0 Å². The van der Waals surface area contributed by atoms with Crippen LogP contribution in [0.2, 0.25) is 5.02 Å². The van der Waals surface area contributed by atoms with Crippen LogP contribution in [-0.2, 0) is 0 Å². The van der Waals surface area contributed by atoms with Gasteiger partial charge >= 0.3 is 0 Å². The largest absolute Gasteiger partial charge is 0.495 e. The zero-order valence-electron chi connectivity index (χ0n) is 12.1. The van der Waals surface area contributed by atoms with Crippen LogP contribution in [0.1, 0.15) is 30.6 Å². The van der Waals surface area contributed by atoms with Crippen LogP contribution in [-0.4, -0.2) is 18.6 Å². The Morgan fingerprint density at radius 1 is 1.38 bits per heavy atom. The molecule has 3 nitrogen and oxygen atoms in total. The summed E-state index contributed by atoms with van der Waals surface area (Å²) in [6.07, 6.45) is 2.81. The first-order valence-corrected chi connectivity index (χ1v) is 8.01. The van der Waals surface area contributed by atoms with Gasteiger partial charge in [-0.25, -0.2) is 0 Å². The molecule has 112 valence electrons. The van der Waals surface area contributed by atoms with Crippen molar-refractivity contribution in [2.45, 2.75) is 19.4 Å². The predicted octanol–water partition coefficient (Wildman–Crippen LogP) is 4.60. The lowest BCUT2D eigenvalue weighted by Crippen LogP contribution is -2.25. The van der Waals surface area contributed by atoms with Crippen LogP contribution in [0.4, 0.5) is 0 Å². The zero-order valence-corrected chi connectivity index (χ0v) is 14.4. The number of hydrogen-bond acceptors (Lipinski definition) is 3. The number of aromatic nitrogens is 1. The lowest BCUT2D eigenvalue weighted by atomic mass is 10.0. The molecule has 1 N–H and O–H groups in total. The molecule has 0 radical (unpaired) electrons. The van der Waals surface area contributed by atoms with Crippen LogP contribution in [0.15, 0.2) is 41.0 Å². The van der Waals surface area contributed by atoms with Crippen molar-refractivity contribution in [2.24, 2.45) is 0 Å². The van der Waals surface area contributed by atoms with Gasteiger partial charge in [-0.3, -0.25) is 4.98 Å². The van der Waals surface area contributed by atoms with Gasteiger partial charge in [0.2, 0.25) is 0 Å². The second-order valence-electron chi connectivity index (χ2n) is 4.64. The quantitative estimate of drug-likeness (QED) is 0.808. The topological polar surface area (TPSA) is 34.2 Å². The molecule has 0 bridgehead atoms. The highest BCUT2D eigenvalue weighted by atomic mass is 79.9. The first kappa shape index (κ1) is 16.3. The molecular formula is C16H18BrClN2O. The summed E-state index contributed by atoms with van der Waals surface area (Å²) in [6, 6.07) is 9.48. The minimum Gasteiger partial charge on any atom is -0.495 e. The van der Waals surface area contributed by atoms with E-state index in [0.717, 1.165) is 34.4 Å². The number of benzene rings is 1. The molecule has 21 heavy (non-hydrogen) atoms. The fourth-order valence-corrected chi connectivity index (χ4v) is 2.83. The van der Waals surface area contributed by atoms with Gasteiger partial charge in [-0.1, -0.05) is 34.5 Å². The van der Waals surface area contributed by atoms with Crippen LogP contribution in [0.3, 0.4) is 0 Å². The molecule has 0 amide bonds. The summed E-state index contributed by atoms with van der Waals surface area (Å²) in [5, 5.41) is 4.21. The van der Waals surface area contributed by atoms with E-state index in [1.54, 1.807) is 13.3 Å². The summed E-state index contributed by atoms with van der Waals surface area (Å²) in [7, 11) is 1.66. The average Bonchev–Trinajstić information content (AvgIpc) is 2.51. The van der Waals surface area contributed by atoms with Crippen molar-refractivity contribution in [3.05, 3.63) is 57.3 Å². The van der Waals surface area contributed by atoms with Crippen LogP contribution in [0.25, 0.3) is 0 Å². The van der Waals surface area contributed by atoms with Crippen LogP contribution in [0, 0.1) is 0 Å². The molecule has 0 saturated carbocycles. The summed E-state index contributed by atoms with van der Waals surface area (Å²) >= 11 is 9.76. The van der Waals surface area contributed by atoms with Crippen LogP contribution < -0.4 is 10.1 Å². The second-order valence-corrected chi connectivity index (χ2v) is 5.93. The highest BCUT2D eigenvalue weighted by molar-refractivity contribution is 9.10. The van der Waals surface area contributed by atoms with Crippen molar-refractivity contribution in [2.75, 3.05) is 13.7 Å². The highest BCUT2D eigenvalue weighted by Crippen LogP contribution is 2.33. The van der Waals surface area contributed by atoms with Crippen molar-refractivity contribution < 1.29 is 4.74 Å². The summed E-state index contributed by atoms with van der Waals surface area (Å²) in [4.78, 5) is 4.50. The number of halogens is 2. The van der Waals surface area contributed by atoms with Gasteiger partial charge in [-0.05, 0) is 48.9 Å². The van der Waals surface area contributed by atoms with E-state index in [2.05, 4.69) is 33.2 Å². The van der Waals surface area contributed by atoms with E-state index < -0.39 is 0 Å². The first-order chi connectivity index (χ1) is 10.2. The Labute approximate surface area is 138 Å². The molecule has 0 saturated heterocycles. The third-order valence-corrected chi connectivity index (χ3v) is 4.12. The predicted molar refractivity (Wildman–Crippen MR) is 90.1 cm³/mol. The molecule has 5 heteroatoms. The SMILES string of the molecule is CCCNC(c1cc(Cl)ccc1Br)c1ncccc1OC. The van der Waals surface area contributed by atoms with Gasteiger partial charge < -0.3 is 10.1 Å². The summed E-state index contributed by atoms with van der Waals surface area (Å²) < 4.78 is 6.44. The van der Waals surface area contributed by atoms with E-state index in [4.69, 9.17) is 16.3 Å². The van der Waals surface area contributed by atoms with Crippen molar-refractivity contribution in [3.63, 3.8) is 0 Å². The zero-order chi connectivity index (χ0) is 15.2. The van der Waals surface area contributed by atoms with E-state index in [0.29, 0.717) is 5.02 Å². The maximum absolute atomic E-state index is 6.16. The van der Waals surface area contributed by atoms with Gasteiger partial charge in [0.1, 0.15) is 11.4 Å². The maximum Gasteiger partial charge on any atom is 0.142 e. The lowest BCUT2D eigenvalue weighted by molar-refractivity contribution is 0.399. The minimum atomic E-state index is -0.0748. The summed E-state index contributed by atoms with van der Waals surface area (Å²) in [5.41, 5.74) is 1.91. The lowest BCUT2D eigenvalue weighted by Gasteiger charge is -2.22. The van der Waals surface area contributed by atoms with Gasteiger partial charge in [-0.2, -0.15) is 0 Å². The Morgan fingerprint density at radius 2 is 2.19 bits per heavy atom. The summed E-state index contributed by atoms with van der Waals surface area (Å²) in [6.45, 7) is 3.01. The van der Waals surface area contributed by atoms with Crippen LogP contribution in [0.5, 0.6) is 5.75 Å². The summed E-state index contributed by atoms with van der Waals surface area (Å²) in [5.74, 6) is 0.762. The molecule has 1 unspecified atom stereocenters. The normalized spacial score (nSPS) is 12.2. The molecule has 0 fully saturated rings. The molecular weight excluding hydrogens is 352 g/mol. The van der Waals surface area contributed by atoms with Gasteiger partial charge in [0.25, 0.3) is 0 Å². The molecule has 1 aromatic heterocycles. The Kier molecular flexibility index (Phi) is 6.03. The Bertz CT molecular complexity index is 607. The smallest absolute Gasteiger partial charge is 0.142 e. The fourth-order valence-electron chi connectivity index (χ4n) is 2.17. The number of nitrogens with zero attached hydrogens (tertiary/aromatic N) is 1. The molecule has 2 rings (SSSR count).